The van der Waals surface area contributed by atoms with E-state index in [2.05, 4.69) is 5.32 Å². The summed E-state index contributed by atoms with van der Waals surface area (Å²) in [5.41, 5.74) is 0.593. The maximum absolute atomic E-state index is 12.2. The van der Waals surface area contributed by atoms with E-state index < -0.39 is 15.9 Å². The van der Waals surface area contributed by atoms with Gasteiger partial charge in [0.25, 0.3) is 0 Å². The zero-order chi connectivity index (χ0) is 18.6. The van der Waals surface area contributed by atoms with Gasteiger partial charge in [0.15, 0.2) is 9.84 Å². The van der Waals surface area contributed by atoms with Gasteiger partial charge in [-0.05, 0) is 55.5 Å². The smallest absolute Gasteiger partial charge is 0.411 e. The maximum atomic E-state index is 12.2. The van der Waals surface area contributed by atoms with Crippen LogP contribution in [0.25, 0.3) is 0 Å². The molecule has 1 aliphatic heterocycles. The Morgan fingerprint density at radius 3 is 2.23 bits per heavy atom. The summed E-state index contributed by atoms with van der Waals surface area (Å²) in [4.78, 5) is 11.7. The number of nitrogens with one attached hydrogen (secondary N) is 1. The van der Waals surface area contributed by atoms with Crippen molar-refractivity contribution in [3.05, 3.63) is 48.5 Å². The molecule has 6 nitrogen and oxygen atoms in total. The predicted octanol–water partition coefficient (Wildman–Crippen LogP) is 3.94. The first-order valence-electron chi connectivity index (χ1n) is 8.12. The quantitative estimate of drug-likeness (QED) is 0.718. The van der Waals surface area contributed by atoms with Crippen LogP contribution in [-0.4, -0.2) is 37.9 Å². The molecule has 1 amide bonds. The maximum Gasteiger partial charge on any atom is 0.411 e. The van der Waals surface area contributed by atoms with E-state index in [1.807, 2.05) is 0 Å². The topological polar surface area (TPSA) is 81.7 Å². The molecule has 26 heavy (non-hydrogen) atoms. The Labute approximate surface area is 156 Å². The van der Waals surface area contributed by atoms with E-state index in [1.165, 1.54) is 0 Å². The summed E-state index contributed by atoms with van der Waals surface area (Å²) in [6.07, 6.45) is -0.512. The normalized spacial score (nSPS) is 16.0. The van der Waals surface area contributed by atoms with Crippen LogP contribution in [0.3, 0.4) is 0 Å². The van der Waals surface area contributed by atoms with Crippen LogP contribution in [0.4, 0.5) is 10.5 Å². The Balaban J connectivity index is 1.61. The molecule has 1 saturated heterocycles. The van der Waals surface area contributed by atoms with Crippen molar-refractivity contribution in [3.63, 3.8) is 0 Å². The molecule has 2 aromatic carbocycles. The molecule has 0 aromatic heterocycles. The summed E-state index contributed by atoms with van der Waals surface area (Å²) in [5.74, 6) is 2.22. The van der Waals surface area contributed by atoms with Crippen molar-refractivity contribution in [2.24, 2.45) is 0 Å². The minimum Gasteiger partial charge on any atom is -0.457 e. The number of hydrogen-bond acceptors (Lipinski definition) is 6. The van der Waals surface area contributed by atoms with Crippen LogP contribution in [0.2, 0.25) is 0 Å². The summed E-state index contributed by atoms with van der Waals surface area (Å²) < 4.78 is 35.0. The largest absolute Gasteiger partial charge is 0.457 e. The third kappa shape index (κ3) is 5.15. The average molecular weight is 393 g/mol. The van der Waals surface area contributed by atoms with Gasteiger partial charge < -0.3 is 9.47 Å². The zero-order valence-electron chi connectivity index (χ0n) is 14.2. The van der Waals surface area contributed by atoms with E-state index in [1.54, 1.807) is 67.2 Å². The van der Waals surface area contributed by atoms with Gasteiger partial charge in [0.2, 0.25) is 0 Å². The van der Waals surface area contributed by atoms with Gasteiger partial charge in [-0.2, -0.15) is 11.8 Å². The highest BCUT2D eigenvalue weighted by Crippen LogP contribution is 2.33. The monoisotopic (exact) mass is 393 g/mol. The summed E-state index contributed by atoms with van der Waals surface area (Å²) in [6, 6.07) is 13.2. The van der Waals surface area contributed by atoms with Crippen molar-refractivity contribution in [2.75, 3.05) is 23.4 Å². The van der Waals surface area contributed by atoms with E-state index in [9.17, 15) is 13.2 Å². The Kier molecular flexibility index (Phi) is 5.73. The van der Waals surface area contributed by atoms with Crippen LogP contribution < -0.4 is 10.1 Å². The fraction of sp³-hybridized carbons (Fsp3) is 0.278. The number of rotatable bonds is 7. The number of amides is 1. The molecule has 1 aliphatic rings. The predicted molar refractivity (Wildman–Crippen MR) is 102 cm³/mol. The summed E-state index contributed by atoms with van der Waals surface area (Å²) in [5, 5.41) is 2.83. The first kappa shape index (κ1) is 18.6. The highest BCUT2D eigenvalue weighted by Gasteiger charge is 2.29. The molecule has 0 radical (unpaired) electrons. The lowest BCUT2D eigenvalue weighted by atomic mass is 10.3. The standard InChI is InChI=1S/C18H19NO5S2/c1-2-23-18(20)19-13-3-5-14(6-4-13)24-15-7-9-17(10-8-15)26(21,22)12-16-11-25-16/h3-10,16H,2,11-12H2,1H3,(H,19,20). The van der Waals surface area contributed by atoms with E-state index in [-0.39, 0.29) is 11.0 Å². The Morgan fingerprint density at radius 1 is 1.12 bits per heavy atom. The number of anilines is 1. The number of ether oxygens (including phenoxy) is 2. The van der Waals surface area contributed by atoms with E-state index in [0.717, 1.165) is 5.75 Å². The van der Waals surface area contributed by atoms with Gasteiger partial charge in [0.05, 0.1) is 17.3 Å². The molecule has 0 aliphatic carbocycles. The van der Waals surface area contributed by atoms with Crippen LogP contribution in [0.5, 0.6) is 11.5 Å². The molecule has 0 bridgehead atoms. The number of benzene rings is 2. The Morgan fingerprint density at radius 2 is 1.69 bits per heavy atom. The van der Waals surface area contributed by atoms with Crippen LogP contribution in [0, 0.1) is 0 Å². The van der Waals surface area contributed by atoms with Crippen molar-refractivity contribution in [3.8, 4) is 11.5 Å². The van der Waals surface area contributed by atoms with Crippen molar-refractivity contribution in [1.82, 2.24) is 0 Å². The highest BCUT2D eigenvalue weighted by molar-refractivity contribution is 8.08. The second-order valence-corrected chi connectivity index (χ2v) is 9.05. The minimum atomic E-state index is -3.24. The van der Waals surface area contributed by atoms with Crippen LogP contribution in [-0.2, 0) is 14.6 Å². The second kappa shape index (κ2) is 8.01. The Bertz CT molecular complexity index is 859. The average Bonchev–Trinajstić information content (AvgIpc) is 3.41. The Hall–Kier alpha value is -2.19. The molecule has 1 atom stereocenters. The first-order valence-corrected chi connectivity index (χ1v) is 10.8. The lowest BCUT2D eigenvalue weighted by Crippen LogP contribution is -2.13. The fourth-order valence-electron chi connectivity index (χ4n) is 2.25. The van der Waals surface area contributed by atoms with Gasteiger partial charge in [0, 0.05) is 16.7 Å². The van der Waals surface area contributed by atoms with Crippen molar-refractivity contribution in [2.45, 2.75) is 17.1 Å². The number of carbonyl (C=O) groups is 1. The van der Waals surface area contributed by atoms with Gasteiger partial charge in [-0.1, -0.05) is 0 Å². The second-order valence-electron chi connectivity index (χ2n) is 5.68. The van der Waals surface area contributed by atoms with Gasteiger partial charge >= 0.3 is 6.09 Å². The van der Waals surface area contributed by atoms with Crippen molar-refractivity contribution in [1.29, 1.82) is 0 Å². The van der Waals surface area contributed by atoms with Gasteiger partial charge in [-0.25, -0.2) is 13.2 Å². The highest BCUT2D eigenvalue weighted by atomic mass is 32.2. The first-order chi connectivity index (χ1) is 12.5. The van der Waals surface area contributed by atoms with Gasteiger partial charge in [-0.3, -0.25) is 5.32 Å². The number of thioether (sulfide) groups is 1. The molecule has 8 heteroatoms. The zero-order valence-corrected chi connectivity index (χ0v) is 15.8. The van der Waals surface area contributed by atoms with Gasteiger partial charge in [-0.15, -0.1) is 0 Å². The minimum absolute atomic E-state index is 0.187. The van der Waals surface area contributed by atoms with Crippen molar-refractivity contribution >= 4 is 33.4 Å². The molecule has 1 heterocycles. The lowest BCUT2D eigenvalue weighted by Gasteiger charge is -2.09. The summed E-state index contributed by atoms with van der Waals surface area (Å²) >= 11 is 1.66. The SMILES string of the molecule is CCOC(=O)Nc1ccc(Oc2ccc(S(=O)(=O)CC3CS3)cc2)cc1. The fourth-order valence-corrected chi connectivity index (χ4v) is 4.92. The molecule has 0 saturated carbocycles. The van der Waals surface area contributed by atoms with E-state index in [4.69, 9.17) is 9.47 Å². The van der Waals surface area contributed by atoms with E-state index >= 15 is 0 Å². The number of hydrogen-bond donors (Lipinski definition) is 1. The summed E-state index contributed by atoms with van der Waals surface area (Å²) in [7, 11) is -3.24. The summed E-state index contributed by atoms with van der Waals surface area (Å²) in [6.45, 7) is 2.04. The lowest BCUT2D eigenvalue weighted by molar-refractivity contribution is 0.168. The molecular formula is C18H19NO5S2. The van der Waals surface area contributed by atoms with Crippen LogP contribution in [0.1, 0.15) is 6.92 Å². The molecule has 1 N–H and O–H groups in total. The van der Waals surface area contributed by atoms with E-state index in [0.29, 0.717) is 28.7 Å². The molecular weight excluding hydrogens is 374 g/mol. The third-order valence-electron chi connectivity index (χ3n) is 3.60. The number of sulfone groups is 1. The molecule has 1 unspecified atom stereocenters. The van der Waals surface area contributed by atoms with Crippen LogP contribution in [0.15, 0.2) is 53.4 Å². The van der Waals surface area contributed by atoms with Gasteiger partial charge in [0.1, 0.15) is 11.5 Å². The molecule has 1 fully saturated rings. The molecule has 0 spiro atoms. The third-order valence-corrected chi connectivity index (χ3v) is 6.62. The molecule has 2 aromatic rings. The molecule has 138 valence electrons. The molecule has 3 rings (SSSR count). The van der Waals surface area contributed by atoms with Crippen molar-refractivity contribution < 1.29 is 22.7 Å². The van der Waals surface area contributed by atoms with Crippen LogP contribution >= 0.6 is 11.8 Å². The number of carbonyl (C=O) groups excluding carboxylic acids is 1.